The topological polar surface area (TPSA) is 30.9 Å². The standard InChI is InChI=1S/C21H20N3.BrH/c1-23(2)20-11-13-24(14-12-20)16-17-7-9-18(10-8-17)21-6-4-3-5-19(21)15-22;/h3-14H,16H2,1-2H3;1H/q+1;/p-1. The lowest BCUT2D eigenvalue weighted by atomic mass is 9.99. The summed E-state index contributed by atoms with van der Waals surface area (Å²) in [6, 6.07) is 22.6. The lowest BCUT2D eigenvalue weighted by Crippen LogP contribution is -3.00. The lowest BCUT2D eigenvalue weighted by molar-refractivity contribution is -0.688. The van der Waals surface area contributed by atoms with Crippen molar-refractivity contribution < 1.29 is 21.5 Å². The Kier molecular flexibility index (Phi) is 6.32. The summed E-state index contributed by atoms with van der Waals surface area (Å²) < 4.78 is 2.16. The van der Waals surface area contributed by atoms with E-state index in [1.807, 2.05) is 38.4 Å². The van der Waals surface area contributed by atoms with Crippen LogP contribution in [-0.2, 0) is 6.54 Å². The van der Waals surface area contributed by atoms with Gasteiger partial charge in [0.25, 0.3) is 0 Å². The van der Waals surface area contributed by atoms with E-state index in [1.165, 1.54) is 11.3 Å². The molecule has 0 N–H and O–H groups in total. The van der Waals surface area contributed by atoms with E-state index >= 15 is 0 Å². The van der Waals surface area contributed by atoms with Crippen molar-refractivity contribution in [3.8, 4) is 17.2 Å². The maximum atomic E-state index is 9.23. The number of halogens is 1. The first kappa shape index (κ1) is 18.7. The number of pyridine rings is 1. The van der Waals surface area contributed by atoms with Crippen molar-refractivity contribution in [3.05, 3.63) is 84.2 Å². The van der Waals surface area contributed by atoms with Crippen LogP contribution in [0, 0.1) is 11.3 Å². The fourth-order valence-corrected chi connectivity index (χ4v) is 2.69. The van der Waals surface area contributed by atoms with E-state index < -0.39 is 0 Å². The van der Waals surface area contributed by atoms with Gasteiger partial charge in [-0.05, 0) is 17.2 Å². The van der Waals surface area contributed by atoms with Crippen molar-refractivity contribution in [1.29, 1.82) is 5.26 Å². The van der Waals surface area contributed by atoms with Gasteiger partial charge in [-0.1, -0.05) is 42.5 Å². The molecule has 0 aliphatic rings. The molecule has 0 amide bonds. The lowest BCUT2D eigenvalue weighted by Gasteiger charge is -2.10. The summed E-state index contributed by atoms with van der Waals surface area (Å²) >= 11 is 0. The summed E-state index contributed by atoms with van der Waals surface area (Å²) in [5, 5.41) is 9.23. The molecule has 0 saturated carbocycles. The smallest absolute Gasteiger partial charge is 0.173 e. The quantitative estimate of drug-likeness (QED) is 0.608. The summed E-state index contributed by atoms with van der Waals surface area (Å²) in [7, 11) is 4.08. The van der Waals surface area contributed by atoms with Crippen LogP contribution in [-0.4, -0.2) is 14.1 Å². The van der Waals surface area contributed by atoms with Crippen LogP contribution < -0.4 is 26.4 Å². The average molecular weight is 394 g/mol. The molecule has 0 unspecified atom stereocenters. The van der Waals surface area contributed by atoms with Gasteiger partial charge in [-0.25, -0.2) is 4.57 Å². The summed E-state index contributed by atoms with van der Waals surface area (Å²) in [6.07, 6.45) is 4.18. The Labute approximate surface area is 159 Å². The zero-order chi connectivity index (χ0) is 16.9. The van der Waals surface area contributed by atoms with Gasteiger partial charge in [0, 0.05) is 37.5 Å². The van der Waals surface area contributed by atoms with Crippen molar-refractivity contribution >= 4 is 5.69 Å². The third-order valence-electron chi connectivity index (χ3n) is 4.07. The van der Waals surface area contributed by atoms with E-state index in [1.54, 1.807) is 0 Å². The second kappa shape index (κ2) is 8.46. The molecular weight excluding hydrogens is 374 g/mol. The molecular formula is C21H20BrN3. The summed E-state index contributed by atoms with van der Waals surface area (Å²) in [4.78, 5) is 2.09. The molecule has 0 fully saturated rings. The SMILES string of the molecule is CN(C)c1cc[n+](Cc2ccc(-c3ccccc3C#N)cc2)cc1.[Br-]. The first-order chi connectivity index (χ1) is 11.7. The monoisotopic (exact) mass is 393 g/mol. The fraction of sp³-hybridized carbons (Fsp3) is 0.143. The number of hydrogen-bond donors (Lipinski definition) is 0. The molecule has 1 heterocycles. The van der Waals surface area contributed by atoms with Crippen molar-refractivity contribution in [3.63, 3.8) is 0 Å². The molecule has 3 aromatic rings. The molecule has 2 aromatic carbocycles. The van der Waals surface area contributed by atoms with E-state index in [2.05, 4.69) is 64.3 Å². The number of hydrogen-bond acceptors (Lipinski definition) is 2. The molecule has 0 saturated heterocycles. The van der Waals surface area contributed by atoms with Crippen LogP contribution in [0.2, 0.25) is 0 Å². The number of anilines is 1. The Hall–Kier alpha value is -2.64. The van der Waals surface area contributed by atoms with Crippen LogP contribution in [0.4, 0.5) is 5.69 Å². The van der Waals surface area contributed by atoms with E-state index in [4.69, 9.17) is 0 Å². The van der Waals surface area contributed by atoms with Crippen molar-refractivity contribution in [2.45, 2.75) is 6.54 Å². The van der Waals surface area contributed by atoms with Gasteiger partial charge in [0.2, 0.25) is 0 Å². The zero-order valence-corrected chi connectivity index (χ0v) is 15.9. The highest BCUT2D eigenvalue weighted by Gasteiger charge is 2.07. The van der Waals surface area contributed by atoms with Crippen LogP contribution in [0.5, 0.6) is 0 Å². The van der Waals surface area contributed by atoms with Crippen LogP contribution in [0.3, 0.4) is 0 Å². The predicted molar refractivity (Wildman–Crippen MR) is 96.7 cm³/mol. The third-order valence-corrected chi connectivity index (χ3v) is 4.07. The molecule has 0 aliphatic carbocycles. The number of benzene rings is 2. The number of nitrogens with zero attached hydrogens (tertiary/aromatic N) is 3. The molecule has 3 nitrogen and oxygen atoms in total. The van der Waals surface area contributed by atoms with E-state index in [0.717, 1.165) is 17.7 Å². The van der Waals surface area contributed by atoms with Gasteiger partial charge in [-0.15, -0.1) is 0 Å². The molecule has 0 bridgehead atoms. The molecule has 0 spiro atoms. The van der Waals surface area contributed by atoms with Crippen LogP contribution in [0.25, 0.3) is 11.1 Å². The highest BCUT2D eigenvalue weighted by molar-refractivity contribution is 5.70. The molecule has 126 valence electrons. The highest BCUT2D eigenvalue weighted by atomic mass is 79.9. The van der Waals surface area contributed by atoms with Crippen molar-refractivity contribution in [1.82, 2.24) is 0 Å². The minimum atomic E-state index is 0. The Balaban J connectivity index is 0.00000225. The van der Waals surface area contributed by atoms with Crippen LogP contribution >= 0.6 is 0 Å². The summed E-state index contributed by atoms with van der Waals surface area (Å²) in [5.74, 6) is 0. The second-order valence-corrected chi connectivity index (χ2v) is 5.98. The van der Waals surface area contributed by atoms with Crippen LogP contribution in [0.1, 0.15) is 11.1 Å². The first-order valence-corrected chi connectivity index (χ1v) is 7.92. The van der Waals surface area contributed by atoms with Gasteiger partial charge in [0.1, 0.15) is 0 Å². The highest BCUT2D eigenvalue weighted by Crippen LogP contribution is 2.23. The summed E-state index contributed by atoms with van der Waals surface area (Å²) in [5.41, 5.74) is 5.18. The van der Waals surface area contributed by atoms with Gasteiger partial charge in [0.05, 0.1) is 11.6 Å². The van der Waals surface area contributed by atoms with Crippen molar-refractivity contribution in [2.75, 3.05) is 19.0 Å². The number of aromatic nitrogens is 1. The molecule has 1 aromatic heterocycles. The predicted octanol–water partition coefficient (Wildman–Crippen LogP) is 0.631. The maximum Gasteiger partial charge on any atom is 0.173 e. The van der Waals surface area contributed by atoms with E-state index in [9.17, 15) is 5.26 Å². The Morgan fingerprint density at radius 2 is 1.56 bits per heavy atom. The maximum absolute atomic E-state index is 9.23. The second-order valence-electron chi connectivity index (χ2n) is 5.98. The zero-order valence-electron chi connectivity index (χ0n) is 14.4. The number of nitriles is 1. The van der Waals surface area contributed by atoms with Crippen molar-refractivity contribution in [2.24, 2.45) is 0 Å². The molecule has 3 rings (SSSR count). The molecule has 25 heavy (non-hydrogen) atoms. The molecule has 0 aliphatic heterocycles. The van der Waals surface area contributed by atoms with Gasteiger partial charge in [-0.3, -0.25) is 0 Å². The Morgan fingerprint density at radius 3 is 2.16 bits per heavy atom. The third kappa shape index (κ3) is 4.46. The van der Waals surface area contributed by atoms with Gasteiger partial charge in [0.15, 0.2) is 18.9 Å². The van der Waals surface area contributed by atoms with E-state index in [0.29, 0.717) is 5.56 Å². The molecule has 4 heteroatoms. The first-order valence-electron chi connectivity index (χ1n) is 7.92. The minimum Gasteiger partial charge on any atom is -1.00 e. The van der Waals surface area contributed by atoms with Gasteiger partial charge in [-0.2, -0.15) is 5.26 Å². The van der Waals surface area contributed by atoms with Gasteiger partial charge < -0.3 is 21.9 Å². The molecule has 0 atom stereocenters. The normalized spacial score (nSPS) is 9.80. The number of rotatable bonds is 4. The van der Waals surface area contributed by atoms with Crippen LogP contribution in [0.15, 0.2) is 73.1 Å². The minimum absolute atomic E-state index is 0. The molecule has 0 radical (unpaired) electrons. The average Bonchev–Trinajstić information content (AvgIpc) is 2.63. The van der Waals surface area contributed by atoms with E-state index in [-0.39, 0.29) is 17.0 Å². The summed E-state index contributed by atoms with van der Waals surface area (Å²) in [6.45, 7) is 0.827. The Morgan fingerprint density at radius 1 is 0.920 bits per heavy atom. The fourth-order valence-electron chi connectivity index (χ4n) is 2.69. The van der Waals surface area contributed by atoms with Gasteiger partial charge >= 0.3 is 0 Å². The largest absolute Gasteiger partial charge is 1.00 e. The Bertz CT molecular complexity index is 863.